The van der Waals surface area contributed by atoms with Crippen LogP contribution >= 0.6 is 10.3 Å². The smallest absolute Gasteiger partial charge is 0.298 e. The van der Waals surface area contributed by atoms with Crippen molar-refractivity contribution >= 4 is 26.2 Å². The summed E-state index contributed by atoms with van der Waals surface area (Å²) >= 11 is 0. The molecule has 1 unspecified atom stereocenters. The van der Waals surface area contributed by atoms with E-state index in [1.165, 1.54) is 6.26 Å². The summed E-state index contributed by atoms with van der Waals surface area (Å²) in [6.07, 6.45) is 5.65. The maximum absolute atomic E-state index is 12.7. The number of carbonyl (C=O) groups excluding carboxylic acids is 1. The Labute approximate surface area is 137 Å². The fourth-order valence-corrected chi connectivity index (χ4v) is 6.50. The molecule has 0 aromatic rings. The van der Waals surface area contributed by atoms with Gasteiger partial charge >= 0.3 is 15.6 Å². The fourth-order valence-electron chi connectivity index (χ4n) is 2.39. The molecule has 0 saturated heterocycles. The molecular formula is C14H25F3O4S2. The minimum absolute atomic E-state index is 0.186. The standard InChI is InChI=1S/C14H25F3O4S2/c1-13(2,3)22(4,21-23(19,20)14(15,16)17)10-12(18)11-8-6-5-7-9-11/h11H,5-10H2,1-4H3. The molecule has 0 amide bonds. The van der Waals surface area contributed by atoms with Crippen LogP contribution in [0.15, 0.2) is 0 Å². The first-order chi connectivity index (χ1) is 10.2. The zero-order valence-electron chi connectivity index (χ0n) is 13.9. The van der Waals surface area contributed by atoms with Crippen molar-refractivity contribution in [1.29, 1.82) is 0 Å². The van der Waals surface area contributed by atoms with Crippen LogP contribution in [0.4, 0.5) is 13.2 Å². The van der Waals surface area contributed by atoms with E-state index < -0.39 is 30.7 Å². The number of Topliss-reactive ketones (excluding diaryl/α,β-unsaturated/α-hetero) is 1. The average Bonchev–Trinajstić information content (AvgIpc) is 2.36. The van der Waals surface area contributed by atoms with Crippen LogP contribution in [0.1, 0.15) is 52.9 Å². The molecule has 1 aliphatic rings. The minimum atomic E-state index is -5.73. The van der Waals surface area contributed by atoms with Crippen LogP contribution in [0.3, 0.4) is 0 Å². The highest BCUT2D eigenvalue weighted by molar-refractivity contribution is 8.33. The van der Waals surface area contributed by atoms with E-state index in [4.69, 9.17) is 0 Å². The zero-order valence-corrected chi connectivity index (χ0v) is 15.5. The van der Waals surface area contributed by atoms with Crippen molar-refractivity contribution in [2.75, 3.05) is 12.0 Å². The largest absolute Gasteiger partial charge is 0.523 e. The Morgan fingerprint density at radius 2 is 1.57 bits per heavy atom. The van der Waals surface area contributed by atoms with E-state index in [0.717, 1.165) is 19.3 Å². The van der Waals surface area contributed by atoms with Crippen molar-refractivity contribution in [2.45, 2.75) is 63.1 Å². The van der Waals surface area contributed by atoms with Crippen LogP contribution in [-0.4, -0.2) is 36.5 Å². The second-order valence-electron chi connectivity index (χ2n) is 7.03. The Kier molecular flexibility index (Phi) is 6.24. The Morgan fingerprint density at radius 3 is 1.96 bits per heavy atom. The predicted octanol–water partition coefficient (Wildman–Crippen LogP) is 4.15. The molecule has 1 aliphatic carbocycles. The number of hydrogen-bond acceptors (Lipinski definition) is 4. The minimum Gasteiger partial charge on any atom is -0.298 e. The van der Waals surface area contributed by atoms with Crippen molar-refractivity contribution in [3.63, 3.8) is 0 Å². The van der Waals surface area contributed by atoms with Gasteiger partial charge in [-0.2, -0.15) is 21.6 Å². The molecule has 23 heavy (non-hydrogen) atoms. The molecule has 0 heterocycles. The highest BCUT2D eigenvalue weighted by Crippen LogP contribution is 2.59. The zero-order chi connectivity index (χ0) is 18.1. The maximum Gasteiger partial charge on any atom is 0.523 e. The number of carbonyl (C=O) groups is 1. The second kappa shape index (κ2) is 6.92. The third-order valence-corrected chi connectivity index (χ3v) is 10.2. The number of ketones is 1. The molecule has 0 aromatic heterocycles. The van der Waals surface area contributed by atoms with Gasteiger partial charge in [0, 0.05) is 10.7 Å². The summed E-state index contributed by atoms with van der Waals surface area (Å²) < 4.78 is 64.6. The van der Waals surface area contributed by atoms with Crippen LogP contribution in [0.25, 0.3) is 0 Å². The summed E-state index contributed by atoms with van der Waals surface area (Å²) in [6.45, 7) is 4.80. The molecule has 1 saturated carbocycles. The Balaban J connectivity index is 3.02. The summed E-state index contributed by atoms with van der Waals surface area (Å²) in [4.78, 5) is 12.5. The molecular weight excluding hydrogens is 353 g/mol. The van der Waals surface area contributed by atoms with Gasteiger partial charge in [0.25, 0.3) is 0 Å². The third kappa shape index (κ3) is 5.09. The van der Waals surface area contributed by atoms with E-state index in [2.05, 4.69) is 3.63 Å². The van der Waals surface area contributed by atoms with Crippen molar-refractivity contribution in [2.24, 2.45) is 5.92 Å². The Morgan fingerprint density at radius 1 is 1.09 bits per heavy atom. The van der Waals surface area contributed by atoms with E-state index >= 15 is 0 Å². The monoisotopic (exact) mass is 378 g/mol. The van der Waals surface area contributed by atoms with Crippen LogP contribution < -0.4 is 0 Å². The summed E-state index contributed by atoms with van der Waals surface area (Å²) in [7, 11) is -8.53. The van der Waals surface area contributed by atoms with E-state index in [1.807, 2.05) is 0 Å². The van der Waals surface area contributed by atoms with Crippen molar-refractivity contribution in [3.05, 3.63) is 0 Å². The lowest BCUT2D eigenvalue weighted by molar-refractivity contribution is -0.121. The normalized spacial score (nSPS) is 22.4. The number of halogens is 3. The van der Waals surface area contributed by atoms with Crippen molar-refractivity contribution in [3.8, 4) is 0 Å². The summed E-state index contributed by atoms with van der Waals surface area (Å²) in [6, 6.07) is 0. The predicted molar refractivity (Wildman–Crippen MR) is 85.8 cm³/mol. The van der Waals surface area contributed by atoms with Gasteiger partial charge in [0.05, 0.1) is 5.75 Å². The molecule has 0 aromatic carbocycles. The molecule has 138 valence electrons. The number of rotatable bonds is 5. The summed E-state index contributed by atoms with van der Waals surface area (Å²) in [5.41, 5.74) is -5.49. The molecule has 0 radical (unpaired) electrons. The lowest BCUT2D eigenvalue weighted by atomic mass is 9.87. The molecule has 1 fully saturated rings. The first kappa shape index (κ1) is 20.8. The first-order valence-electron chi connectivity index (χ1n) is 7.50. The van der Waals surface area contributed by atoms with Crippen LogP contribution in [0.5, 0.6) is 0 Å². The van der Waals surface area contributed by atoms with E-state index in [-0.39, 0.29) is 17.5 Å². The highest BCUT2D eigenvalue weighted by Gasteiger charge is 2.52. The highest BCUT2D eigenvalue weighted by atomic mass is 32.3. The van der Waals surface area contributed by atoms with Gasteiger partial charge in [-0.15, -0.1) is 10.3 Å². The van der Waals surface area contributed by atoms with Crippen molar-refractivity contribution in [1.82, 2.24) is 0 Å². The average molecular weight is 378 g/mol. The van der Waals surface area contributed by atoms with Gasteiger partial charge in [-0.1, -0.05) is 40.0 Å². The van der Waals surface area contributed by atoms with E-state index in [9.17, 15) is 26.4 Å². The third-order valence-electron chi connectivity index (χ3n) is 4.30. The van der Waals surface area contributed by atoms with E-state index in [0.29, 0.717) is 12.8 Å². The topological polar surface area (TPSA) is 60.4 Å². The van der Waals surface area contributed by atoms with Gasteiger partial charge in [-0.25, -0.2) is 3.63 Å². The van der Waals surface area contributed by atoms with Crippen molar-refractivity contribution < 1.29 is 30.0 Å². The maximum atomic E-state index is 12.7. The lowest BCUT2D eigenvalue weighted by Crippen LogP contribution is -2.38. The Hall–Kier alpha value is -0.280. The van der Waals surface area contributed by atoms with Gasteiger partial charge < -0.3 is 0 Å². The van der Waals surface area contributed by atoms with Gasteiger partial charge in [-0.05, 0) is 19.1 Å². The van der Waals surface area contributed by atoms with Gasteiger partial charge in [-0.3, -0.25) is 4.79 Å². The molecule has 0 spiro atoms. The lowest BCUT2D eigenvalue weighted by Gasteiger charge is -2.45. The first-order valence-corrected chi connectivity index (χ1v) is 11.0. The second-order valence-corrected chi connectivity index (χ2v) is 12.5. The fraction of sp³-hybridized carbons (Fsp3) is 0.929. The molecule has 0 aliphatic heterocycles. The summed E-state index contributed by atoms with van der Waals surface area (Å²) in [5.74, 6) is -0.652. The molecule has 1 atom stereocenters. The SMILES string of the molecule is CC(C)(C)S(C)(CC(=O)C1CCCCC1)OS(=O)(=O)C(F)(F)F. The van der Waals surface area contributed by atoms with E-state index in [1.54, 1.807) is 20.8 Å². The van der Waals surface area contributed by atoms with Crippen LogP contribution in [0, 0.1) is 5.92 Å². The quantitative estimate of drug-likeness (QED) is 0.674. The number of alkyl halides is 3. The van der Waals surface area contributed by atoms with Gasteiger partial charge in [0.2, 0.25) is 0 Å². The van der Waals surface area contributed by atoms with Crippen LogP contribution in [-0.2, 0) is 18.5 Å². The molecule has 1 rings (SSSR count). The molecule has 4 nitrogen and oxygen atoms in total. The Bertz CT molecular complexity index is 531. The number of hydrogen-bond donors (Lipinski definition) is 0. The summed E-state index contributed by atoms with van der Waals surface area (Å²) in [5, 5.41) is 0. The molecule has 0 N–H and O–H groups in total. The molecule has 9 heteroatoms. The van der Waals surface area contributed by atoms with Crippen LogP contribution in [0.2, 0.25) is 0 Å². The van der Waals surface area contributed by atoms with Gasteiger partial charge in [0.1, 0.15) is 5.78 Å². The molecule has 0 bridgehead atoms. The van der Waals surface area contributed by atoms with Gasteiger partial charge in [0.15, 0.2) is 0 Å².